The maximum absolute atomic E-state index is 12.8. The Morgan fingerprint density at radius 2 is 2.09 bits per heavy atom. The number of fused-ring (bicyclic) bond motifs is 4. The van der Waals surface area contributed by atoms with E-state index in [1.54, 1.807) is 14.0 Å². The van der Waals surface area contributed by atoms with Crippen LogP contribution in [0.3, 0.4) is 0 Å². The van der Waals surface area contributed by atoms with E-state index in [-0.39, 0.29) is 23.5 Å². The first-order valence-electron chi connectivity index (χ1n) is 11.4. The zero-order valence-electron chi connectivity index (χ0n) is 18.8. The molecule has 33 heavy (non-hydrogen) atoms. The molecule has 2 fully saturated rings. The van der Waals surface area contributed by atoms with Crippen LogP contribution in [0, 0.1) is 6.92 Å². The molecule has 9 nitrogen and oxygen atoms in total. The number of benzene rings is 1. The second-order valence-electron chi connectivity index (χ2n) is 9.36. The average molecular weight is 450 g/mol. The number of carbonyl (C=O) groups is 1. The van der Waals surface area contributed by atoms with Crippen molar-refractivity contribution >= 4 is 11.6 Å². The number of aryl methyl sites for hydroxylation is 1. The molecule has 3 aromatic rings. The van der Waals surface area contributed by atoms with E-state index in [0.717, 1.165) is 36.4 Å². The van der Waals surface area contributed by atoms with E-state index >= 15 is 0 Å². The van der Waals surface area contributed by atoms with Crippen LogP contribution in [0.1, 0.15) is 36.3 Å². The first-order valence-corrected chi connectivity index (χ1v) is 11.4. The van der Waals surface area contributed by atoms with Gasteiger partial charge in [0.05, 0.1) is 42.8 Å². The van der Waals surface area contributed by atoms with Crippen molar-refractivity contribution in [2.45, 2.75) is 43.7 Å². The smallest absolute Gasteiger partial charge is 0.228 e. The topological polar surface area (TPSA) is 94.7 Å². The number of aromatic nitrogens is 3. The van der Waals surface area contributed by atoms with Crippen LogP contribution in [-0.4, -0.2) is 58.1 Å². The van der Waals surface area contributed by atoms with E-state index in [4.69, 9.17) is 14.1 Å². The van der Waals surface area contributed by atoms with E-state index in [1.807, 2.05) is 17.0 Å². The van der Waals surface area contributed by atoms with Gasteiger partial charge in [-0.15, -0.1) is 0 Å². The van der Waals surface area contributed by atoms with E-state index in [0.29, 0.717) is 31.1 Å². The van der Waals surface area contributed by atoms with Crippen molar-refractivity contribution in [2.24, 2.45) is 0 Å². The van der Waals surface area contributed by atoms with Gasteiger partial charge in [0.2, 0.25) is 5.91 Å². The lowest BCUT2D eigenvalue weighted by atomic mass is 9.79. The van der Waals surface area contributed by atoms with Crippen LogP contribution in [0.2, 0.25) is 0 Å². The Kier molecular flexibility index (Phi) is 4.52. The van der Waals surface area contributed by atoms with E-state index in [9.17, 15) is 4.79 Å². The minimum absolute atomic E-state index is 0.0575. The number of ether oxygens (including phenoxy) is 2. The number of hydrogen-bond acceptors (Lipinski definition) is 7. The van der Waals surface area contributed by atoms with E-state index in [1.165, 1.54) is 5.69 Å². The number of carbonyl (C=O) groups excluding carboxylic acids is 1. The van der Waals surface area contributed by atoms with Gasteiger partial charge in [0.1, 0.15) is 22.7 Å². The second kappa shape index (κ2) is 7.34. The molecule has 6 rings (SSSR count). The van der Waals surface area contributed by atoms with E-state index < -0.39 is 0 Å². The summed E-state index contributed by atoms with van der Waals surface area (Å²) in [5.41, 5.74) is 4.09. The Morgan fingerprint density at radius 1 is 1.24 bits per heavy atom. The first kappa shape index (κ1) is 20.3. The van der Waals surface area contributed by atoms with Gasteiger partial charge in [0.25, 0.3) is 0 Å². The maximum atomic E-state index is 12.8. The van der Waals surface area contributed by atoms with Crippen molar-refractivity contribution in [3.8, 4) is 11.4 Å². The average Bonchev–Trinajstić information content (AvgIpc) is 3.55. The van der Waals surface area contributed by atoms with E-state index in [2.05, 4.69) is 44.6 Å². The summed E-state index contributed by atoms with van der Waals surface area (Å²) >= 11 is 0. The highest BCUT2D eigenvalue weighted by Crippen LogP contribution is 2.50. The van der Waals surface area contributed by atoms with Crippen molar-refractivity contribution in [1.29, 1.82) is 0 Å². The summed E-state index contributed by atoms with van der Waals surface area (Å²) in [6, 6.07) is 10.4. The lowest BCUT2D eigenvalue weighted by Crippen LogP contribution is -2.48. The van der Waals surface area contributed by atoms with Crippen LogP contribution in [0.15, 0.2) is 41.2 Å². The summed E-state index contributed by atoms with van der Waals surface area (Å²) in [5, 5.41) is 11.4. The quantitative estimate of drug-likeness (QED) is 0.657. The van der Waals surface area contributed by atoms with Crippen molar-refractivity contribution in [2.75, 3.05) is 32.1 Å². The summed E-state index contributed by atoms with van der Waals surface area (Å²) < 4.78 is 19.0. The molecule has 0 bridgehead atoms. The molecule has 0 radical (unpaired) electrons. The minimum atomic E-state index is -0.307. The van der Waals surface area contributed by atoms with Crippen LogP contribution in [0.4, 0.5) is 5.69 Å². The molecular weight excluding hydrogens is 422 g/mol. The zero-order valence-corrected chi connectivity index (χ0v) is 18.8. The van der Waals surface area contributed by atoms with Crippen molar-refractivity contribution in [3.05, 3.63) is 53.6 Å². The summed E-state index contributed by atoms with van der Waals surface area (Å²) in [5.74, 6) is 0.882. The van der Waals surface area contributed by atoms with Gasteiger partial charge in [-0.2, -0.15) is 0 Å². The maximum Gasteiger partial charge on any atom is 0.228 e. The Bertz CT molecular complexity index is 1210. The van der Waals surface area contributed by atoms with Crippen LogP contribution < -0.4 is 10.1 Å². The fourth-order valence-electron chi connectivity index (χ4n) is 5.58. The number of nitrogens with one attached hydrogen (secondary N) is 1. The number of amides is 1. The Balaban J connectivity index is 1.20. The highest BCUT2D eigenvalue weighted by molar-refractivity contribution is 5.78. The molecule has 0 aliphatic carbocycles. The van der Waals surface area contributed by atoms with Crippen LogP contribution in [0.25, 0.3) is 5.69 Å². The fraction of sp³-hybridized carbons (Fsp3) is 0.458. The Morgan fingerprint density at radius 3 is 2.85 bits per heavy atom. The molecule has 0 saturated carbocycles. The van der Waals surface area contributed by atoms with Crippen molar-refractivity contribution in [1.82, 2.24) is 19.8 Å². The molecule has 1 atom stereocenters. The number of hydrogen-bond donors (Lipinski definition) is 1. The number of likely N-dealkylation sites (tertiary alicyclic amines) is 1. The third kappa shape index (κ3) is 3.21. The van der Waals surface area contributed by atoms with Gasteiger partial charge in [0, 0.05) is 31.8 Å². The molecule has 3 aliphatic heterocycles. The zero-order chi connectivity index (χ0) is 22.6. The summed E-state index contributed by atoms with van der Waals surface area (Å²) in [4.78, 5) is 14.7. The molecule has 3 aliphatic rings. The molecule has 5 heterocycles. The molecule has 1 N–H and O–H groups in total. The molecule has 172 valence electrons. The lowest BCUT2D eigenvalue weighted by molar-refractivity contribution is -0.135. The molecule has 2 saturated heterocycles. The SMILES string of the molecule is COc1ccc2c(c1)NC1(COC3(CCN(C(=O)Cc4nonc4C)CC3)C1)c1cccn1-2. The molecule has 2 spiro atoms. The predicted molar refractivity (Wildman–Crippen MR) is 119 cm³/mol. The van der Waals surface area contributed by atoms with Gasteiger partial charge in [-0.05, 0) is 44.0 Å². The molecule has 1 unspecified atom stereocenters. The van der Waals surface area contributed by atoms with Crippen LogP contribution in [0.5, 0.6) is 5.75 Å². The molecule has 9 heteroatoms. The third-order valence-electron chi connectivity index (χ3n) is 7.42. The molecular formula is C24H27N5O4. The highest BCUT2D eigenvalue weighted by atomic mass is 16.6. The molecule has 1 aromatic carbocycles. The Labute approximate surface area is 191 Å². The number of piperidine rings is 1. The van der Waals surface area contributed by atoms with Gasteiger partial charge in [-0.1, -0.05) is 10.3 Å². The normalized spacial score (nSPS) is 22.8. The first-order chi connectivity index (χ1) is 16.0. The van der Waals surface area contributed by atoms with Gasteiger partial charge >= 0.3 is 0 Å². The van der Waals surface area contributed by atoms with Crippen LogP contribution in [-0.2, 0) is 21.5 Å². The minimum Gasteiger partial charge on any atom is -0.497 e. The number of rotatable bonds is 3. The third-order valence-corrected chi connectivity index (χ3v) is 7.42. The van der Waals surface area contributed by atoms with Crippen molar-refractivity contribution in [3.63, 3.8) is 0 Å². The molecule has 2 aromatic heterocycles. The Hall–Kier alpha value is -3.33. The van der Waals surface area contributed by atoms with Crippen molar-refractivity contribution < 1.29 is 18.9 Å². The van der Waals surface area contributed by atoms with Crippen LogP contribution >= 0.6 is 0 Å². The largest absolute Gasteiger partial charge is 0.497 e. The predicted octanol–water partition coefficient (Wildman–Crippen LogP) is 2.82. The summed E-state index contributed by atoms with van der Waals surface area (Å²) in [6.07, 6.45) is 4.81. The second-order valence-corrected chi connectivity index (χ2v) is 9.36. The van der Waals surface area contributed by atoms with Gasteiger partial charge < -0.3 is 24.3 Å². The summed E-state index contributed by atoms with van der Waals surface area (Å²) in [7, 11) is 1.69. The molecule has 1 amide bonds. The summed E-state index contributed by atoms with van der Waals surface area (Å²) in [6.45, 7) is 3.73. The highest BCUT2D eigenvalue weighted by Gasteiger charge is 2.54. The number of methoxy groups -OCH3 is 1. The van der Waals surface area contributed by atoms with Gasteiger partial charge in [-0.25, -0.2) is 4.63 Å². The standard InChI is InChI=1S/C24H27N5O4/c1-16-18(27-33-26-16)13-22(30)28-10-7-23(8-11-28)14-24(15-32-23)21-4-3-9-29(21)20-6-5-17(31-2)12-19(20)25-24/h3-6,9,12,25H,7-8,10-11,13-15H2,1-2H3. The van der Waals surface area contributed by atoms with Gasteiger partial charge in [-0.3, -0.25) is 4.79 Å². The van der Waals surface area contributed by atoms with Gasteiger partial charge in [0.15, 0.2) is 0 Å². The fourth-order valence-corrected chi connectivity index (χ4v) is 5.58. The number of anilines is 1. The monoisotopic (exact) mass is 449 g/mol. The number of nitrogens with zero attached hydrogens (tertiary/aromatic N) is 4. The lowest BCUT2D eigenvalue weighted by Gasteiger charge is -2.41.